The molecule has 1 aromatic rings. The number of nitrogens with one attached hydrogen (secondary N) is 1. The van der Waals surface area contributed by atoms with E-state index in [4.69, 9.17) is 0 Å². The third-order valence-electron chi connectivity index (χ3n) is 3.05. The fraction of sp³-hybridized carbons (Fsp3) is 0.769. The van der Waals surface area contributed by atoms with E-state index >= 15 is 0 Å². The van der Waals surface area contributed by atoms with Crippen LogP contribution in [0.4, 0.5) is 0 Å². The predicted molar refractivity (Wildman–Crippen MR) is 69.4 cm³/mol. The number of aromatic nitrogens is 3. The van der Waals surface area contributed by atoms with Crippen LogP contribution in [0.15, 0.2) is 0 Å². The van der Waals surface area contributed by atoms with Crippen molar-refractivity contribution in [2.24, 2.45) is 5.92 Å². The summed E-state index contributed by atoms with van der Waals surface area (Å²) in [7, 11) is 0. The van der Waals surface area contributed by atoms with Crippen LogP contribution in [0.1, 0.15) is 62.9 Å². The van der Waals surface area contributed by atoms with E-state index in [1.54, 1.807) is 0 Å². The number of hydrogen-bond donors (Lipinski definition) is 1. The van der Waals surface area contributed by atoms with Crippen molar-refractivity contribution in [3.05, 3.63) is 11.6 Å². The van der Waals surface area contributed by atoms with Gasteiger partial charge in [0.1, 0.15) is 5.82 Å². The fourth-order valence-electron chi connectivity index (χ4n) is 1.93. The minimum absolute atomic E-state index is 0.0330. The average molecular weight is 250 g/mol. The first kappa shape index (κ1) is 13.1. The second-order valence-corrected chi connectivity index (χ2v) is 5.78. The van der Waals surface area contributed by atoms with E-state index in [0.29, 0.717) is 17.8 Å². The summed E-state index contributed by atoms with van der Waals surface area (Å²) < 4.78 is 0. The standard InChI is InChI=1S/C13H22N4O/c1-8(2)7-17(10-5-6-10)13(18)12-14-11(9(3)4)15-16-12/h8-10H,5-7H2,1-4H3,(H,14,15,16). The lowest BCUT2D eigenvalue weighted by molar-refractivity contribution is 0.0710. The molecule has 1 heterocycles. The Balaban J connectivity index is 2.11. The van der Waals surface area contributed by atoms with Gasteiger partial charge in [-0.2, -0.15) is 0 Å². The Labute approximate surface area is 108 Å². The molecule has 100 valence electrons. The SMILES string of the molecule is CC(C)CN(C(=O)c1n[nH]c(C(C)C)n1)C1CC1. The van der Waals surface area contributed by atoms with Crippen LogP contribution in [0, 0.1) is 5.92 Å². The lowest BCUT2D eigenvalue weighted by Crippen LogP contribution is -2.36. The Bertz CT molecular complexity index is 420. The van der Waals surface area contributed by atoms with Gasteiger partial charge in [-0.05, 0) is 18.8 Å². The van der Waals surface area contributed by atoms with Gasteiger partial charge >= 0.3 is 0 Å². The van der Waals surface area contributed by atoms with Gasteiger partial charge < -0.3 is 4.90 Å². The van der Waals surface area contributed by atoms with Crippen molar-refractivity contribution in [1.82, 2.24) is 20.1 Å². The number of nitrogens with zero attached hydrogens (tertiary/aromatic N) is 3. The maximum Gasteiger partial charge on any atom is 0.293 e. The zero-order chi connectivity index (χ0) is 13.3. The minimum atomic E-state index is -0.0330. The van der Waals surface area contributed by atoms with Crippen molar-refractivity contribution < 1.29 is 4.79 Å². The highest BCUT2D eigenvalue weighted by Crippen LogP contribution is 2.28. The summed E-state index contributed by atoms with van der Waals surface area (Å²) in [5.41, 5.74) is 0. The van der Waals surface area contributed by atoms with Gasteiger partial charge in [-0.25, -0.2) is 4.98 Å². The maximum absolute atomic E-state index is 12.4. The zero-order valence-corrected chi connectivity index (χ0v) is 11.6. The van der Waals surface area contributed by atoms with Gasteiger partial charge in [0.2, 0.25) is 5.82 Å². The molecule has 0 saturated heterocycles. The predicted octanol–water partition coefficient (Wildman–Crippen LogP) is 2.19. The minimum Gasteiger partial charge on any atom is -0.333 e. The van der Waals surface area contributed by atoms with E-state index < -0.39 is 0 Å². The number of aromatic amines is 1. The molecule has 0 aromatic carbocycles. The van der Waals surface area contributed by atoms with Crippen LogP contribution in [-0.2, 0) is 0 Å². The van der Waals surface area contributed by atoms with E-state index in [9.17, 15) is 4.79 Å². The lowest BCUT2D eigenvalue weighted by atomic mass is 10.2. The van der Waals surface area contributed by atoms with E-state index in [-0.39, 0.29) is 11.8 Å². The molecule has 1 aromatic heterocycles. The Hall–Kier alpha value is -1.39. The molecule has 0 aliphatic heterocycles. The summed E-state index contributed by atoms with van der Waals surface area (Å²) in [5.74, 6) is 1.79. The van der Waals surface area contributed by atoms with Gasteiger partial charge in [0.25, 0.3) is 5.91 Å². The molecule has 1 aliphatic rings. The van der Waals surface area contributed by atoms with Crippen molar-refractivity contribution >= 4 is 5.91 Å². The van der Waals surface area contributed by atoms with Gasteiger partial charge in [0, 0.05) is 18.5 Å². The van der Waals surface area contributed by atoms with Gasteiger partial charge in [-0.15, -0.1) is 5.10 Å². The molecule has 0 radical (unpaired) electrons. The molecular formula is C13H22N4O. The summed E-state index contributed by atoms with van der Waals surface area (Å²) in [4.78, 5) is 18.6. The van der Waals surface area contributed by atoms with Crippen molar-refractivity contribution in [1.29, 1.82) is 0 Å². The van der Waals surface area contributed by atoms with Gasteiger partial charge in [0.05, 0.1) is 0 Å². The highest BCUT2D eigenvalue weighted by atomic mass is 16.2. The van der Waals surface area contributed by atoms with Gasteiger partial charge in [-0.1, -0.05) is 27.7 Å². The van der Waals surface area contributed by atoms with Crippen LogP contribution in [0.25, 0.3) is 0 Å². The number of amides is 1. The number of rotatable bonds is 5. The van der Waals surface area contributed by atoms with Crippen molar-refractivity contribution in [3.63, 3.8) is 0 Å². The molecule has 5 heteroatoms. The first-order valence-corrected chi connectivity index (χ1v) is 6.72. The number of hydrogen-bond acceptors (Lipinski definition) is 3. The fourth-order valence-corrected chi connectivity index (χ4v) is 1.93. The second kappa shape index (κ2) is 5.08. The first-order chi connectivity index (χ1) is 8.49. The Morgan fingerprint density at radius 2 is 2.06 bits per heavy atom. The first-order valence-electron chi connectivity index (χ1n) is 6.72. The summed E-state index contributed by atoms with van der Waals surface area (Å²) >= 11 is 0. The molecule has 1 aliphatic carbocycles. The second-order valence-electron chi connectivity index (χ2n) is 5.78. The molecule has 5 nitrogen and oxygen atoms in total. The Morgan fingerprint density at radius 3 is 2.50 bits per heavy atom. The zero-order valence-electron chi connectivity index (χ0n) is 11.6. The van der Waals surface area contributed by atoms with Crippen LogP contribution >= 0.6 is 0 Å². The number of carbonyl (C=O) groups is 1. The third kappa shape index (κ3) is 2.89. The monoisotopic (exact) mass is 250 g/mol. The van der Waals surface area contributed by atoms with Crippen LogP contribution in [0.3, 0.4) is 0 Å². The van der Waals surface area contributed by atoms with Crippen molar-refractivity contribution in [2.45, 2.75) is 52.5 Å². The third-order valence-corrected chi connectivity index (χ3v) is 3.05. The average Bonchev–Trinajstić information content (AvgIpc) is 3.00. The van der Waals surface area contributed by atoms with E-state index in [1.807, 2.05) is 18.7 Å². The smallest absolute Gasteiger partial charge is 0.293 e. The van der Waals surface area contributed by atoms with Crippen LogP contribution in [-0.4, -0.2) is 38.6 Å². The van der Waals surface area contributed by atoms with E-state index in [1.165, 1.54) is 0 Å². The molecule has 1 fully saturated rings. The summed E-state index contributed by atoms with van der Waals surface area (Å²) in [6, 6.07) is 0.404. The van der Waals surface area contributed by atoms with Gasteiger partial charge in [0.15, 0.2) is 0 Å². The van der Waals surface area contributed by atoms with E-state index in [2.05, 4.69) is 29.0 Å². The number of H-pyrrole nitrogens is 1. The van der Waals surface area contributed by atoms with Crippen LogP contribution in [0.2, 0.25) is 0 Å². The summed E-state index contributed by atoms with van der Waals surface area (Å²) in [6.07, 6.45) is 2.22. The highest BCUT2D eigenvalue weighted by molar-refractivity contribution is 5.90. The quantitative estimate of drug-likeness (QED) is 0.871. The number of carbonyl (C=O) groups excluding carboxylic acids is 1. The Kier molecular flexibility index (Phi) is 3.68. The van der Waals surface area contributed by atoms with E-state index in [0.717, 1.165) is 25.2 Å². The molecule has 1 amide bonds. The highest BCUT2D eigenvalue weighted by Gasteiger charge is 2.34. The van der Waals surface area contributed by atoms with Crippen LogP contribution < -0.4 is 0 Å². The van der Waals surface area contributed by atoms with Crippen molar-refractivity contribution in [2.75, 3.05) is 6.54 Å². The molecule has 0 bridgehead atoms. The van der Waals surface area contributed by atoms with Crippen molar-refractivity contribution in [3.8, 4) is 0 Å². The maximum atomic E-state index is 12.4. The summed E-state index contributed by atoms with van der Waals surface area (Å²) in [6.45, 7) is 9.10. The molecular weight excluding hydrogens is 228 g/mol. The Morgan fingerprint density at radius 1 is 1.39 bits per heavy atom. The molecule has 18 heavy (non-hydrogen) atoms. The molecule has 1 N–H and O–H groups in total. The summed E-state index contributed by atoms with van der Waals surface area (Å²) in [5, 5.41) is 6.89. The molecule has 0 spiro atoms. The van der Waals surface area contributed by atoms with Crippen LogP contribution in [0.5, 0.6) is 0 Å². The largest absolute Gasteiger partial charge is 0.333 e. The molecule has 0 unspecified atom stereocenters. The molecule has 2 rings (SSSR count). The normalized spacial score (nSPS) is 15.4. The molecule has 1 saturated carbocycles. The van der Waals surface area contributed by atoms with Gasteiger partial charge in [-0.3, -0.25) is 9.89 Å². The molecule has 0 atom stereocenters. The topological polar surface area (TPSA) is 61.9 Å². The lowest BCUT2D eigenvalue weighted by Gasteiger charge is -2.22.